The number of carbonyl (C=O) groups is 1. The summed E-state index contributed by atoms with van der Waals surface area (Å²) in [6.45, 7) is 6.85. The number of nitrogens with zero attached hydrogens (tertiary/aromatic N) is 1. The van der Waals surface area contributed by atoms with Crippen molar-refractivity contribution in [2.24, 2.45) is 5.92 Å². The summed E-state index contributed by atoms with van der Waals surface area (Å²) in [5, 5.41) is 3.28. The number of piperazine rings is 1. The minimum absolute atomic E-state index is 0.226. The highest BCUT2D eigenvalue weighted by atomic mass is 16.5. The van der Waals surface area contributed by atoms with E-state index in [1.54, 1.807) is 7.11 Å². The number of quaternary nitrogens is 1. The van der Waals surface area contributed by atoms with Gasteiger partial charge in [0.15, 0.2) is 6.54 Å². The smallest absolute Gasteiger partial charge is 0.275 e. The molecule has 0 spiro atoms. The molecule has 2 fully saturated rings. The fourth-order valence-electron chi connectivity index (χ4n) is 4.08. The molecule has 1 saturated heterocycles. The molecule has 1 saturated carbocycles. The molecule has 0 radical (unpaired) electrons. The average Bonchev–Trinajstić information content (AvgIpc) is 2.64. The molecule has 25 heavy (non-hydrogen) atoms. The summed E-state index contributed by atoms with van der Waals surface area (Å²) in [5.41, 5.74) is 1.21. The zero-order valence-corrected chi connectivity index (χ0v) is 15.6. The Morgan fingerprint density at radius 2 is 2.04 bits per heavy atom. The molecule has 0 unspecified atom stereocenters. The van der Waals surface area contributed by atoms with E-state index in [0.717, 1.165) is 38.3 Å². The van der Waals surface area contributed by atoms with Crippen molar-refractivity contribution in [1.29, 1.82) is 0 Å². The molecule has 1 aromatic carbocycles. The molecule has 2 N–H and O–H groups in total. The molecular formula is C20H32N3O2+. The van der Waals surface area contributed by atoms with E-state index in [4.69, 9.17) is 4.74 Å². The van der Waals surface area contributed by atoms with Crippen LogP contribution in [0.1, 0.15) is 32.6 Å². The van der Waals surface area contributed by atoms with Crippen LogP contribution in [0, 0.1) is 5.92 Å². The number of benzene rings is 1. The lowest BCUT2D eigenvalue weighted by Gasteiger charge is -2.34. The minimum atomic E-state index is 0.226. The summed E-state index contributed by atoms with van der Waals surface area (Å²) in [5.74, 6) is 1.74. The summed E-state index contributed by atoms with van der Waals surface area (Å²) in [7, 11) is 1.70. The van der Waals surface area contributed by atoms with Crippen LogP contribution in [-0.4, -0.2) is 51.8 Å². The first-order valence-corrected chi connectivity index (χ1v) is 9.67. The topological polar surface area (TPSA) is 46.0 Å². The Kier molecular flexibility index (Phi) is 6.19. The maximum Gasteiger partial charge on any atom is 0.275 e. The fourth-order valence-corrected chi connectivity index (χ4v) is 4.08. The number of rotatable bonds is 5. The molecule has 1 amide bonds. The highest BCUT2D eigenvalue weighted by molar-refractivity contribution is 5.77. The van der Waals surface area contributed by atoms with Gasteiger partial charge in [-0.05, 0) is 30.9 Å². The van der Waals surface area contributed by atoms with E-state index in [9.17, 15) is 4.79 Å². The van der Waals surface area contributed by atoms with E-state index in [-0.39, 0.29) is 5.91 Å². The third-order valence-electron chi connectivity index (χ3n) is 5.76. The second-order valence-electron chi connectivity index (χ2n) is 7.55. The lowest BCUT2D eigenvalue weighted by Crippen LogP contribution is -3.16. The minimum Gasteiger partial charge on any atom is -0.497 e. The molecule has 2 atom stereocenters. The van der Waals surface area contributed by atoms with Crippen LogP contribution in [0.5, 0.6) is 5.75 Å². The summed E-state index contributed by atoms with van der Waals surface area (Å²) in [4.78, 5) is 16.2. The molecule has 1 aliphatic carbocycles. The molecule has 2 aliphatic rings. The zero-order valence-electron chi connectivity index (χ0n) is 15.6. The van der Waals surface area contributed by atoms with E-state index in [1.165, 1.54) is 29.8 Å². The number of hydrogen-bond acceptors (Lipinski definition) is 3. The molecule has 5 nitrogen and oxygen atoms in total. The molecule has 138 valence electrons. The second-order valence-corrected chi connectivity index (χ2v) is 7.55. The van der Waals surface area contributed by atoms with Crippen molar-refractivity contribution in [1.82, 2.24) is 5.32 Å². The molecule has 1 aliphatic heterocycles. The normalized spacial score (nSPS) is 24.8. The first kappa shape index (κ1) is 18.1. The number of carbonyl (C=O) groups excluding carboxylic acids is 1. The van der Waals surface area contributed by atoms with Gasteiger partial charge in [0.05, 0.1) is 33.3 Å². The van der Waals surface area contributed by atoms with Gasteiger partial charge < -0.3 is 19.9 Å². The standard InChI is InChI=1S/C20H31N3O2/c1-16-6-3-4-9-19(16)21-20(24)15-22-10-12-23(13-11-22)17-7-5-8-18(14-17)25-2/h5,7-8,14,16,19H,3-4,6,9-13,15H2,1-2H3,(H,21,24)/p+1/t16-,19+/m1/s1. The summed E-state index contributed by atoms with van der Waals surface area (Å²) >= 11 is 0. The third-order valence-corrected chi connectivity index (χ3v) is 5.76. The van der Waals surface area contributed by atoms with E-state index in [1.807, 2.05) is 12.1 Å². The van der Waals surface area contributed by atoms with Crippen molar-refractivity contribution in [2.45, 2.75) is 38.6 Å². The van der Waals surface area contributed by atoms with Gasteiger partial charge in [0.25, 0.3) is 5.91 Å². The average molecular weight is 346 g/mol. The molecule has 0 bridgehead atoms. The molecule has 1 aromatic rings. The molecule has 0 aromatic heterocycles. The van der Waals surface area contributed by atoms with Crippen molar-refractivity contribution in [2.75, 3.05) is 44.7 Å². The molecular weight excluding hydrogens is 314 g/mol. The Bertz CT molecular complexity index is 570. The van der Waals surface area contributed by atoms with Gasteiger partial charge in [-0.3, -0.25) is 4.79 Å². The van der Waals surface area contributed by atoms with E-state index in [2.05, 4.69) is 29.3 Å². The predicted molar refractivity (Wildman–Crippen MR) is 100 cm³/mol. The van der Waals surface area contributed by atoms with E-state index < -0.39 is 0 Å². The van der Waals surface area contributed by atoms with Crippen LogP contribution in [0.25, 0.3) is 0 Å². The maximum absolute atomic E-state index is 12.4. The molecule has 1 heterocycles. The van der Waals surface area contributed by atoms with Crippen LogP contribution < -0.4 is 19.9 Å². The zero-order chi connectivity index (χ0) is 17.6. The van der Waals surface area contributed by atoms with E-state index in [0.29, 0.717) is 18.5 Å². The Balaban J connectivity index is 1.45. The van der Waals surface area contributed by atoms with Gasteiger partial charge in [0, 0.05) is 17.8 Å². The van der Waals surface area contributed by atoms with Gasteiger partial charge >= 0.3 is 0 Å². The number of nitrogens with one attached hydrogen (secondary N) is 2. The van der Waals surface area contributed by atoms with Crippen LogP contribution >= 0.6 is 0 Å². The highest BCUT2D eigenvalue weighted by Gasteiger charge is 2.26. The Morgan fingerprint density at radius 1 is 1.28 bits per heavy atom. The number of ether oxygens (including phenoxy) is 1. The summed E-state index contributed by atoms with van der Waals surface area (Å²) in [6, 6.07) is 8.61. The number of amides is 1. The van der Waals surface area contributed by atoms with Crippen LogP contribution in [0.15, 0.2) is 24.3 Å². The summed E-state index contributed by atoms with van der Waals surface area (Å²) < 4.78 is 5.32. The molecule has 5 heteroatoms. The first-order chi connectivity index (χ1) is 12.2. The van der Waals surface area contributed by atoms with Crippen molar-refractivity contribution < 1.29 is 14.4 Å². The van der Waals surface area contributed by atoms with Gasteiger partial charge in [0.1, 0.15) is 5.75 Å². The van der Waals surface area contributed by atoms with Crippen LogP contribution in [0.4, 0.5) is 5.69 Å². The molecule has 3 rings (SSSR count). The first-order valence-electron chi connectivity index (χ1n) is 9.67. The van der Waals surface area contributed by atoms with Crippen molar-refractivity contribution >= 4 is 11.6 Å². The van der Waals surface area contributed by atoms with Gasteiger partial charge in [-0.25, -0.2) is 0 Å². The Morgan fingerprint density at radius 3 is 2.76 bits per heavy atom. The van der Waals surface area contributed by atoms with Crippen molar-refractivity contribution in [3.8, 4) is 5.75 Å². The largest absolute Gasteiger partial charge is 0.497 e. The monoisotopic (exact) mass is 346 g/mol. The Hall–Kier alpha value is -1.75. The van der Waals surface area contributed by atoms with Gasteiger partial charge in [-0.2, -0.15) is 0 Å². The Labute approximate surface area is 151 Å². The lowest BCUT2D eigenvalue weighted by molar-refractivity contribution is -0.892. The predicted octanol–water partition coefficient (Wildman–Crippen LogP) is 1.10. The van der Waals surface area contributed by atoms with Crippen molar-refractivity contribution in [3.63, 3.8) is 0 Å². The second kappa shape index (κ2) is 8.56. The number of anilines is 1. The maximum atomic E-state index is 12.4. The lowest BCUT2D eigenvalue weighted by atomic mass is 9.86. The fraction of sp³-hybridized carbons (Fsp3) is 0.650. The highest BCUT2D eigenvalue weighted by Crippen LogP contribution is 2.23. The van der Waals surface area contributed by atoms with E-state index >= 15 is 0 Å². The number of hydrogen-bond donors (Lipinski definition) is 2. The van der Waals surface area contributed by atoms with Crippen LogP contribution in [0.3, 0.4) is 0 Å². The van der Waals surface area contributed by atoms with Crippen LogP contribution in [0.2, 0.25) is 0 Å². The van der Waals surface area contributed by atoms with Crippen molar-refractivity contribution in [3.05, 3.63) is 24.3 Å². The number of methoxy groups -OCH3 is 1. The van der Waals surface area contributed by atoms with Gasteiger partial charge in [0.2, 0.25) is 0 Å². The third kappa shape index (κ3) is 4.88. The summed E-state index contributed by atoms with van der Waals surface area (Å²) in [6.07, 6.45) is 4.95. The van der Waals surface area contributed by atoms with Gasteiger partial charge in [-0.15, -0.1) is 0 Å². The quantitative estimate of drug-likeness (QED) is 0.839. The van der Waals surface area contributed by atoms with Gasteiger partial charge in [-0.1, -0.05) is 25.8 Å². The van der Waals surface area contributed by atoms with Crippen LogP contribution in [-0.2, 0) is 4.79 Å². The SMILES string of the molecule is COc1cccc(N2CC[NH+](CC(=O)N[C@H]3CCCC[C@H]3C)CC2)c1.